The fourth-order valence-corrected chi connectivity index (χ4v) is 7.02. The van der Waals surface area contributed by atoms with Gasteiger partial charge in [0.2, 0.25) is 0 Å². The molecule has 5 heterocycles. The molecule has 0 unspecified atom stereocenters. The van der Waals surface area contributed by atoms with Crippen LogP contribution in [0.2, 0.25) is 0 Å². The van der Waals surface area contributed by atoms with Gasteiger partial charge < -0.3 is 10.2 Å². The number of carbonyl (C=O) groups is 1. The van der Waals surface area contributed by atoms with E-state index in [2.05, 4.69) is 52.2 Å². The minimum atomic E-state index is -3.03. The minimum Gasteiger partial charge on any atom is -0.313 e. The Bertz CT molecular complexity index is 3260. The summed E-state index contributed by atoms with van der Waals surface area (Å²) in [5, 5.41) is 5.05. The van der Waals surface area contributed by atoms with Crippen LogP contribution in [0.4, 0.5) is 60.5 Å². The molecule has 7 rings (SSSR count). The van der Waals surface area contributed by atoms with Crippen LogP contribution in [0, 0.1) is 45.2 Å². The molecule has 0 atom stereocenters. The van der Waals surface area contributed by atoms with E-state index < -0.39 is 75.4 Å². The fraction of sp³-hybridized carbons (Fsp3) is 0.227. The average molecular weight is 942 g/mol. The molecule has 0 radical (unpaired) electrons. The summed E-state index contributed by atoms with van der Waals surface area (Å²) in [6.07, 6.45) is -3.56. The molecule has 66 heavy (non-hydrogen) atoms. The molecule has 1 saturated heterocycles. The van der Waals surface area contributed by atoms with E-state index in [1.807, 2.05) is 13.0 Å². The number of isothiocyanates is 1. The third kappa shape index (κ3) is 10.2. The summed E-state index contributed by atoms with van der Waals surface area (Å²) in [5.74, 6) is -2.35. The van der Waals surface area contributed by atoms with Gasteiger partial charge in [-0.25, -0.2) is 52.6 Å². The molecule has 0 bridgehead atoms. The Kier molecular flexibility index (Phi) is 14.5. The van der Waals surface area contributed by atoms with E-state index in [1.165, 1.54) is 22.2 Å². The van der Waals surface area contributed by atoms with Crippen molar-refractivity contribution >= 4 is 86.0 Å². The van der Waals surface area contributed by atoms with Crippen LogP contribution < -0.4 is 26.2 Å². The quantitative estimate of drug-likeness (QED) is 0.0720. The number of aromatic nitrogens is 4. The number of benzene rings is 2. The zero-order valence-electron chi connectivity index (χ0n) is 35.4. The molecule has 0 saturated carbocycles. The Hall–Kier alpha value is -7.83. The number of alkyl halides is 4. The number of thiocarbonyl (C=S) groups is 2. The first-order chi connectivity index (χ1) is 31.0. The second-order valence-electron chi connectivity index (χ2n) is 15.1. The summed E-state index contributed by atoms with van der Waals surface area (Å²) < 4.78 is 81.6. The van der Waals surface area contributed by atoms with E-state index in [9.17, 15) is 40.7 Å². The Labute approximate surface area is 382 Å². The molecular weight excluding hydrogens is 909 g/mol. The third-order valence-corrected chi connectivity index (χ3v) is 10.1. The largest absolute Gasteiger partial charge is 0.313 e. The molecule has 1 amide bonds. The maximum absolute atomic E-state index is 14.9. The maximum Gasteiger partial charge on any atom is 0.299 e. The number of hydrogen-bond donors (Lipinski definition) is 1. The fourth-order valence-electron chi connectivity index (χ4n) is 6.39. The molecule has 0 aliphatic carbocycles. The Morgan fingerprint density at radius 3 is 1.77 bits per heavy atom. The van der Waals surface area contributed by atoms with Crippen molar-refractivity contribution < 1.29 is 31.1 Å². The molecule has 4 aromatic heterocycles. The van der Waals surface area contributed by atoms with Crippen molar-refractivity contribution in [3.05, 3.63) is 162 Å². The number of hydrogen-bond acceptors (Lipinski definition) is 9. The van der Waals surface area contributed by atoms with Gasteiger partial charge in [0.05, 0.1) is 35.4 Å². The van der Waals surface area contributed by atoms with E-state index in [0.29, 0.717) is 34.8 Å². The second kappa shape index (κ2) is 19.5. The number of nitrogens with zero attached hydrogens (tertiary/aromatic N) is 10. The summed E-state index contributed by atoms with van der Waals surface area (Å²) in [5.41, 5.74) is -2.54. The van der Waals surface area contributed by atoms with Crippen LogP contribution in [0.5, 0.6) is 0 Å². The van der Waals surface area contributed by atoms with Crippen LogP contribution >= 0.6 is 24.4 Å². The third-order valence-electron chi connectivity index (χ3n) is 9.60. The molecule has 336 valence electrons. The number of fused-ring (bicyclic) bond motifs is 2. The number of rotatable bonds is 7. The van der Waals surface area contributed by atoms with Crippen molar-refractivity contribution in [2.45, 2.75) is 65.6 Å². The first-order valence-electron chi connectivity index (χ1n) is 18.9. The first kappa shape index (κ1) is 49.2. The van der Waals surface area contributed by atoms with Crippen molar-refractivity contribution in [1.29, 1.82) is 0 Å². The van der Waals surface area contributed by atoms with Gasteiger partial charge in [0.25, 0.3) is 35.5 Å². The summed E-state index contributed by atoms with van der Waals surface area (Å²) in [7, 11) is 0. The lowest BCUT2D eigenvalue weighted by molar-refractivity contribution is -0.120. The predicted octanol–water partition coefficient (Wildman–Crippen LogP) is 10.7. The van der Waals surface area contributed by atoms with Crippen molar-refractivity contribution in [2.24, 2.45) is 4.99 Å². The molecule has 6 aromatic rings. The number of amides is 1. The highest BCUT2D eigenvalue weighted by Crippen LogP contribution is 2.38. The summed E-state index contributed by atoms with van der Waals surface area (Å²) in [6.45, 7) is 30.9. The number of aryl methyl sites for hydroxylation is 2. The van der Waals surface area contributed by atoms with Gasteiger partial charge in [-0.15, -0.1) is 0 Å². The molecule has 1 aliphatic heterocycles. The molecular formula is C44H33F6N11O3S2. The SMILES string of the molecule is [C-]#[N+]C(C)(C)Nc1cc(F)c2nc(C(F)F)cc(=O)n2c1.[C-]#[N+]c1ccc(N2C(=O)C(C)(C)N(c3cc(F)c4nc(C(F)F)cc(=O)n4c3)C2=S)cc1C.[C-]#[N+]c1ccc(N=C=S)cc1C. The van der Waals surface area contributed by atoms with Gasteiger partial charge >= 0.3 is 0 Å². The number of carbonyl (C=O) groups excluding carboxylic acids is 1. The normalized spacial score (nSPS) is 13.0. The van der Waals surface area contributed by atoms with E-state index in [-0.39, 0.29) is 16.5 Å². The number of halogens is 6. The summed E-state index contributed by atoms with van der Waals surface area (Å²) >= 11 is 10.0. The van der Waals surface area contributed by atoms with Crippen molar-refractivity contribution in [1.82, 2.24) is 18.8 Å². The Morgan fingerprint density at radius 1 is 0.773 bits per heavy atom. The Balaban J connectivity index is 0.000000210. The van der Waals surface area contributed by atoms with E-state index >= 15 is 0 Å². The van der Waals surface area contributed by atoms with Crippen molar-refractivity contribution in [3.8, 4) is 0 Å². The molecule has 14 nitrogen and oxygen atoms in total. The molecule has 0 spiro atoms. The second-order valence-corrected chi connectivity index (χ2v) is 15.7. The standard InChI is InChI=1S/C22H16F3N5O2S.C13H11F3N4O.C9H6N2S/c1-11-7-12(5-6-15(11)26-4)29-20(32)22(2,3)30(21(29)33)13-8-14(23)19-27-16(18(24)25)9-17(31)28(19)10-13;1-13(2,17-3)19-7-4-8(14)12-18-9(11(15)16)5-10(21)20(12)6-7;1-7-5-8(11-6-12)3-4-9(7)10-2/h5-10,18H,1-3H3;4-6,11,19H,1-2H3;3-5H,1H3. The number of nitrogens with one attached hydrogen (secondary N) is 1. The monoisotopic (exact) mass is 941 g/mol. The highest BCUT2D eigenvalue weighted by atomic mass is 32.1. The van der Waals surface area contributed by atoms with E-state index in [1.54, 1.807) is 65.0 Å². The maximum atomic E-state index is 14.9. The lowest BCUT2D eigenvalue weighted by Gasteiger charge is -2.29. The lowest BCUT2D eigenvalue weighted by atomic mass is 10.0. The van der Waals surface area contributed by atoms with Crippen LogP contribution in [-0.2, 0) is 4.79 Å². The lowest BCUT2D eigenvalue weighted by Crippen LogP contribution is -2.44. The first-order valence-corrected chi connectivity index (χ1v) is 19.7. The van der Waals surface area contributed by atoms with Crippen molar-refractivity contribution in [2.75, 3.05) is 15.1 Å². The van der Waals surface area contributed by atoms with Gasteiger partial charge in [-0.1, -0.05) is 12.1 Å². The predicted molar refractivity (Wildman–Crippen MR) is 243 cm³/mol. The summed E-state index contributed by atoms with van der Waals surface area (Å²) in [6, 6.07) is 13.4. The van der Waals surface area contributed by atoms with E-state index in [0.717, 1.165) is 32.2 Å². The van der Waals surface area contributed by atoms with Gasteiger partial charge in [0.15, 0.2) is 39.4 Å². The van der Waals surface area contributed by atoms with Crippen LogP contribution in [0.25, 0.3) is 25.8 Å². The van der Waals surface area contributed by atoms with Crippen LogP contribution in [-0.4, -0.2) is 46.2 Å². The molecule has 1 aliphatic rings. The van der Waals surface area contributed by atoms with Gasteiger partial charge in [-0.3, -0.25) is 32.9 Å². The van der Waals surface area contributed by atoms with Crippen LogP contribution in [0.3, 0.4) is 0 Å². The zero-order chi connectivity index (χ0) is 49.0. The van der Waals surface area contributed by atoms with Gasteiger partial charge in [0, 0.05) is 56.2 Å². The number of anilines is 3. The molecule has 22 heteroatoms. The van der Waals surface area contributed by atoms with Crippen molar-refractivity contribution in [3.63, 3.8) is 0 Å². The zero-order valence-corrected chi connectivity index (χ0v) is 37.0. The van der Waals surface area contributed by atoms with Gasteiger partial charge in [0.1, 0.15) is 16.9 Å². The Morgan fingerprint density at radius 2 is 1.29 bits per heavy atom. The van der Waals surface area contributed by atoms with Crippen LogP contribution in [0.1, 0.15) is 63.1 Å². The molecule has 1 fully saturated rings. The van der Waals surface area contributed by atoms with Gasteiger partial charge in [-0.2, -0.15) is 4.99 Å². The minimum absolute atomic E-state index is 0.0314. The smallest absolute Gasteiger partial charge is 0.299 e. The molecule has 2 aromatic carbocycles. The highest BCUT2D eigenvalue weighted by Gasteiger charge is 2.50. The van der Waals surface area contributed by atoms with Gasteiger partial charge in [-0.05, 0) is 87.5 Å². The van der Waals surface area contributed by atoms with E-state index in [4.69, 9.17) is 31.9 Å². The molecule has 1 N–H and O–H groups in total. The topological polar surface area (TPSA) is 130 Å². The van der Waals surface area contributed by atoms with Crippen LogP contribution in [0.15, 0.2) is 87.6 Å². The summed E-state index contributed by atoms with van der Waals surface area (Å²) in [4.78, 5) is 61.0. The average Bonchev–Trinajstić information content (AvgIpc) is 3.43. The highest BCUT2D eigenvalue weighted by molar-refractivity contribution is 7.81. The number of aliphatic imine (C=N–C) groups is 1. The number of pyridine rings is 2.